The van der Waals surface area contributed by atoms with Gasteiger partial charge >= 0.3 is 0 Å². The second-order valence-electron chi connectivity index (χ2n) is 4.45. The van der Waals surface area contributed by atoms with Gasteiger partial charge in [-0.3, -0.25) is 4.68 Å². The summed E-state index contributed by atoms with van der Waals surface area (Å²) in [6.45, 7) is 5.66. The lowest BCUT2D eigenvalue weighted by Crippen LogP contribution is -2.01. The van der Waals surface area contributed by atoms with Crippen LogP contribution in [0.3, 0.4) is 0 Å². The Morgan fingerprint density at radius 3 is 2.50 bits per heavy atom. The smallest absolute Gasteiger partial charge is 0.154 e. The number of hydrogen-bond acceptors (Lipinski definition) is 1. The van der Waals surface area contributed by atoms with E-state index in [0.717, 1.165) is 6.07 Å². The lowest BCUT2D eigenvalue weighted by molar-refractivity contribution is 0.531. The fraction of sp³-hybridized carbons (Fsp3) is 0.308. The first kappa shape index (κ1) is 13.0. The Hall–Kier alpha value is -1.42. The van der Waals surface area contributed by atoms with Crippen LogP contribution in [0.2, 0.25) is 5.02 Å². The van der Waals surface area contributed by atoms with E-state index in [2.05, 4.69) is 5.10 Å². The van der Waals surface area contributed by atoms with E-state index in [0.29, 0.717) is 11.3 Å². The van der Waals surface area contributed by atoms with Gasteiger partial charge in [0.1, 0.15) is 11.5 Å². The summed E-state index contributed by atoms with van der Waals surface area (Å²) in [4.78, 5) is 0. The van der Waals surface area contributed by atoms with Crippen molar-refractivity contribution in [3.05, 3.63) is 40.6 Å². The second kappa shape index (κ2) is 4.69. The van der Waals surface area contributed by atoms with Crippen LogP contribution in [-0.2, 0) is 0 Å². The number of aryl methyl sites for hydroxylation is 1. The molecule has 2 rings (SSSR count). The standard InChI is InChI=1S/C13H13ClF2N2/c1-7(2)18-6-8(3)13(17-18)11-10(15)5-4-9(14)12(11)16/h4-7H,1-3H3. The van der Waals surface area contributed by atoms with Crippen molar-refractivity contribution in [1.29, 1.82) is 0 Å². The summed E-state index contributed by atoms with van der Waals surface area (Å²) >= 11 is 5.68. The predicted molar refractivity (Wildman–Crippen MR) is 67.7 cm³/mol. The maximum atomic E-state index is 13.9. The minimum Gasteiger partial charge on any atom is -0.269 e. The topological polar surface area (TPSA) is 17.8 Å². The molecule has 96 valence electrons. The number of benzene rings is 1. The molecule has 0 spiro atoms. The van der Waals surface area contributed by atoms with Crippen LogP contribution in [0.5, 0.6) is 0 Å². The van der Waals surface area contributed by atoms with Gasteiger partial charge in [-0.15, -0.1) is 0 Å². The molecule has 0 aliphatic rings. The summed E-state index contributed by atoms with van der Waals surface area (Å²) in [7, 11) is 0. The predicted octanol–water partition coefficient (Wildman–Crippen LogP) is 4.37. The molecule has 0 fully saturated rings. The van der Waals surface area contributed by atoms with E-state index in [-0.39, 0.29) is 16.6 Å². The summed E-state index contributed by atoms with van der Waals surface area (Å²) in [5.41, 5.74) is 0.837. The zero-order chi connectivity index (χ0) is 13.4. The van der Waals surface area contributed by atoms with Gasteiger partial charge in [-0.25, -0.2) is 8.78 Å². The molecule has 0 aliphatic carbocycles. The molecule has 1 heterocycles. The van der Waals surface area contributed by atoms with Crippen molar-refractivity contribution in [1.82, 2.24) is 9.78 Å². The molecular weight excluding hydrogens is 258 g/mol. The number of aromatic nitrogens is 2. The van der Waals surface area contributed by atoms with Gasteiger partial charge < -0.3 is 0 Å². The van der Waals surface area contributed by atoms with E-state index in [1.165, 1.54) is 6.07 Å². The van der Waals surface area contributed by atoms with Crippen LogP contribution in [-0.4, -0.2) is 9.78 Å². The van der Waals surface area contributed by atoms with Gasteiger partial charge in [0, 0.05) is 12.2 Å². The molecule has 0 amide bonds. The third-order valence-corrected chi connectivity index (χ3v) is 3.02. The highest BCUT2D eigenvalue weighted by atomic mass is 35.5. The molecule has 0 N–H and O–H groups in total. The Balaban J connectivity index is 2.65. The van der Waals surface area contributed by atoms with E-state index in [4.69, 9.17) is 11.6 Å². The van der Waals surface area contributed by atoms with Crippen LogP contribution in [0.15, 0.2) is 18.3 Å². The van der Waals surface area contributed by atoms with Gasteiger partial charge in [0.15, 0.2) is 5.82 Å². The zero-order valence-corrected chi connectivity index (χ0v) is 11.1. The van der Waals surface area contributed by atoms with Crippen LogP contribution in [0.4, 0.5) is 8.78 Å². The molecule has 5 heteroatoms. The van der Waals surface area contributed by atoms with Gasteiger partial charge in [-0.05, 0) is 38.5 Å². The third kappa shape index (κ3) is 2.12. The van der Waals surface area contributed by atoms with Crippen LogP contribution in [0.1, 0.15) is 25.5 Å². The molecule has 0 bridgehead atoms. The summed E-state index contributed by atoms with van der Waals surface area (Å²) in [5, 5.41) is 4.11. The molecule has 0 unspecified atom stereocenters. The monoisotopic (exact) mass is 270 g/mol. The van der Waals surface area contributed by atoms with Crippen LogP contribution in [0.25, 0.3) is 11.3 Å². The molecule has 1 aromatic heterocycles. The first-order chi connectivity index (χ1) is 8.41. The van der Waals surface area contributed by atoms with Gasteiger partial charge in [0.25, 0.3) is 0 Å². The van der Waals surface area contributed by atoms with E-state index in [1.807, 2.05) is 13.8 Å². The molecule has 0 saturated heterocycles. The third-order valence-electron chi connectivity index (χ3n) is 2.72. The zero-order valence-electron chi connectivity index (χ0n) is 10.3. The molecule has 0 aliphatic heterocycles. The number of nitrogens with zero attached hydrogens (tertiary/aromatic N) is 2. The van der Waals surface area contributed by atoms with E-state index in [9.17, 15) is 8.78 Å². The average molecular weight is 271 g/mol. The van der Waals surface area contributed by atoms with E-state index < -0.39 is 11.6 Å². The van der Waals surface area contributed by atoms with E-state index >= 15 is 0 Å². The van der Waals surface area contributed by atoms with Crippen molar-refractivity contribution in [3.8, 4) is 11.3 Å². The van der Waals surface area contributed by atoms with Crippen molar-refractivity contribution in [2.75, 3.05) is 0 Å². The largest absolute Gasteiger partial charge is 0.269 e. The molecule has 2 aromatic rings. The Bertz CT molecular complexity index is 591. The summed E-state index contributed by atoms with van der Waals surface area (Å²) in [6.07, 6.45) is 1.76. The molecule has 0 atom stereocenters. The Labute approximate surface area is 109 Å². The second-order valence-corrected chi connectivity index (χ2v) is 4.86. The van der Waals surface area contributed by atoms with Gasteiger partial charge in [0.2, 0.25) is 0 Å². The molecule has 0 radical (unpaired) electrons. The Kier molecular flexibility index (Phi) is 3.39. The molecule has 0 saturated carbocycles. The minimum atomic E-state index is -0.770. The molecule has 2 nitrogen and oxygen atoms in total. The lowest BCUT2D eigenvalue weighted by atomic mass is 10.1. The van der Waals surface area contributed by atoms with Crippen LogP contribution < -0.4 is 0 Å². The van der Waals surface area contributed by atoms with Crippen molar-refractivity contribution in [3.63, 3.8) is 0 Å². The maximum Gasteiger partial charge on any atom is 0.154 e. The van der Waals surface area contributed by atoms with Gasteiger partial charge in [-0.2, -0.15) is 5.10 Å². The summed E-state index contributed by atoms with van der Waals surface area (Å²) in [5.74, 6) is -1.43. The fourth-order valence-electron chi connectivity index (χ4n) is 1.74. The van der Waals surface area contributed by atoms with Gasteiger partial charge in [0.05, 0.1) is 10.6 Å². The fourth-order valence-corrected chi connectivity index (χ4v) is 1.90. The normalized spacial score (nSPS) is 11.3. The van der Waals surface area contributed by atoms with Crippen molar-refractivity contribution in [2.24, 2.45) is 0 Å². The first-order valence-corrected chi connectivity index (χ1v) is 5.99. The summed E-state index contributed by atoms with van der Waals surface area (Å²) in [6, 6.07) is 2.47. The first-order valence-electron chi connectivity index (χ1n) is 5.61. The Morgan fingerprint density at radius 1 is 1.28 bits per heavy atom. The van der Waals surface area contributed by atoms with Crippen molar-refractivity contribution >= 4 is 11.6 Å². The highest BCUT2D eigenvalue weighted by Gasteiger charge is 2.19. The molecular formula is C13H13ClF2N2. The average Bonchev–Trinajstić information content (AvgIpc) is 2.67. The number of rotatable bonds is 2. The number of halogens is 3. The van der Waals surface area contributed by atoms with Gasteiger partial charge in [-0.1, -0.05) is 11.6 Å². The highest BCUT2D eigenvalue weighted by Crippen LogP contribution is 2.31. The number of hydrogen-bond donors (Lipinski definition) is 0. The molecule has 1 aromatic carbocycles. The maximum absolute atomic E-state index is 13.9. The summed E-state index contributed by atoms with van der Waals surface area (Å²) < 4.78 is 29.3. The van der Waals surface area contributed by atoms with Crippen molar-refractivity contribution < 1.29 is 8.78 Å². The van der Waals surface area contributed by atoms with Crippen LogP contribution in [0, 0.1) is 18.6 Å². The van der Waals surface area contributed by atoms with E-state index in [1.54, 1.807) is 17.8 Å². The lowest BCUT2D eigenvalue weighted by Gasteiger charge is -2.06. The van der Waals surface area contributed by atoms with Crippen LogP contribution >= 0.6 is 11.6 Å². The minimum absolute atomic E-state index is 0.107. The SMILES string of the molecule is Cc1cn(C(C)C)nc1-c1c(F)ccc(Cl)c1F. The quantitative estimate of drug-likeness (QED) is 0.741. The highest BCUT2D eigenvalue weighted by molar-refractivity contribution is 6.31. The Morgan fingerprint density at radius 2 is 1.94 bits per heavy atom. The molecule has 18 heavy (non-hydrogen) atoms. The van der Waals surface area contributed by atoms with Crippen molar-refractivity contribution in [2.45, 2.75) is 26.8 Å².